The summed E-state index contributed by atoms with van der Waals surface area (Å²) in [6.07, 6.45) is 6.96. The minimum atomic E-state index is -0.134. The summed E-state index contributed by atoms with van der Waals surface area (Å²) in [6, 6.07) is 3.93. The van der Waals surface area contributed by atoms with Gasteiger partial charge in [-0.2, -0.15) is 0 Å². The van der Waals surface area contributed by atoms with Gasteiger partial charge in [0.15, 0.2) is 5.96 Å². The van der Waals surface area contributed by atoms with Gasteiger partial charge in [-0.25, -0.2) is 4.98 Å². The first kappa shape index (κ1) is 22.5. The number of hydrogen-bond donors (Lipinski definition) is 2. The first-order valence-corrected chi connectivity index (χ1v) is 10.1. The van der Waals surface area contributed by atoms with Crippen LogP contribution in [-0.2, 0) is 16.1 Å². The SMILES string of the molecule is CN=C(NCCN1C(=O)C2C3C=CC(C3)C2C1=O)NCc1cccnc1N(C)C.I. The van der Waals surface area contributed by atoms with E-state index in [0.717, 1.165) is 17.8 Å². The van der Waals surface area contributed by atoms with Gasteiger partial charge in [-0.15, -0.1) is 24.0 Å². The first-order valence-electron chi connectivity index (χ1n) is 10.1. The van der Waals surface area contributed by atoms with E-state index >= 15 is 0 Å². The zero-order chi connectivity index (χ0) is 20.5. The molecular formula is C21H29IN6O2. The topological polar surface area (TPSA) is 89.9 Å². The number of fused-ring (bicyclic) bond motifs is 5. The van der Waals surface area contributed by atoms with Gasteiger partial charge in [0.1, 0.15) is 5.82 Å². The molecule has 2 fully saturated rings. The molecule has 9 heteroatoms. The van der Waals surface area contributed by atoms with Gasteiger partial charge in [0.05, 0.1) is 11.8 Å². The molecule has 2 N–H and O–H groups in total. The Hall–Kier alpha value is -2.17. The highest BCUT2D eigenvalue weighted by atomic mass is 127. The Morgan fingerprint density at radius 3 is 2.47 bits per heavy atom. The summed E-state index contributed by atoms with van der Waals surface area (Å²) in [7, 11) is 5.62. The molecule has 1 saturated heterocycles. The van der Waals surface area contributed by atoms with Gasteiger partial charge in [0, 0.05) is 52.5 Å². The average Bonchev–Trinajstić information content (AvgIpc) is 3.40. The van der Waals surface area contributed by atoms with Gasteiger partial charge in [0.2, 0.25) is 11.8 Å². The second-order valence-electron chi connectivity index (χ2n) is 8.06. The van der Waals surface area contributed by atoms with Crippen molar-refractivity contribution in [1.29, 1.82) is 0 Å². The molecule has 1 saturated carbocycles. The lowest BCUT2D eigenvalue weighted by atomic mass is 9.85. The van der Waals surface area contributed by atoms with E-state index in [1.54, 1.807) is 13.2 Å². The summed E-state index contributed by atoms with van der Waals surface area (Å²) in [5, 5.41) is 6.47. The standard InChI is InChI=1S/C21H28N6O2.HI/c1-22-21(25-12-15-5-4-8-23-18(15)26(2)3)24-9-10-27-19(28)16-13-6-7-14(11-13)17(16)20(27)29;/h4-8,13-14,16-17H,9-12H2,1-3H3,(H2,22,24,25);1H. The maximum absolute atomic E-state index is 12.7. The third-order valence-corrected chi connectivity index (χ3v) is 6.15. The van der Waals surface area contributed by atoms with Crippen molar-refractivity contribution in [2.45, 2.75) is 13.0 Å². The number of nitrogens with one attached hydrogen (secondary N) is 2. The number of nitrogens with zero attached hydrogens (tertiary/aromatic N) is 4. The highest BCUT2D eigenvalue weighted by Gasteiger charge is 2.58. The van der Waals surface area contributed by atoms with Crippen molar-refractivity contribution in [2.75, 3.05) is 39.1 Å². The highest BCUT2D eigenvalue weighted by molar-refractivity contribution is 14.0. The van der Waals surface area contributed by atoms with Gasteiger partial charge in [-0.1, -0.05) is 18.2 Å². The van der Waals surface area contributed by atoms with Crippen molar-refractivity contribution in [3.8, 4) is 0 Å². The molecule has 2 heterocycles. The van der Waals surface area contributed by atoms with E-state index < -0.39 is 0 Å². The fraction of sp³-hybridized carbons (Fsp3) is 0.524. The number of guanidine groups is 1. The predicted octanol–water partition coefficient (Wildman–Crippen LogP) is 1.24. The molecule has 8 nitrogen and oxygen atoms in total. The Labute approximate surface area is 194 Å². The molecule has 2 amide bonds. The Balaban J connectivity index is 0.00000256. The number of amides is 2. The molecule has 3 aliphatic rings. The van der Waals surface area contributed by atoms with Crippen LogP contribution in [-0.4, -0.2) is 61.9 Å². The Kier molecular flexibility index (Phi) is 6.99. The van der Waals surface area contributed by atoms with Crippen molar-refractivity contribution in [2.24, 2.45) is 28.7 Å². The zero-order valence-electron chi connectivity index (χ0n) is 17.5. The monoisotopic (exact) mass is 524 g/mol. The molecular weight excluding hydrogens is 495 g/mol. The molecule has 1 aromatic rings. The fourth-order valence-corrected chi connectivity index (χ4v) is 4.84. The van der Waals surface area contributed by atoms with Crippen molar-refractivity contribution >= 4 is 47.6 Å². The van der Waals surface area contributed by atoms with E-state index in [4.69, 9.17) is 0 Å². The number of hydrogen-bond acceptors (Lipinski definition) is 5. The summed E-state index contributed by atoms with van der Waals surface area (Å²) in [6.45, 7) is 1.40. The lowest BCUT2D eigenvalue weighted by Crippen LogP contribution is -2.43. The number of carbonyl (C=O) groups is 2. The number of halogens is 1. The number of aromatic nitrogens is 1. The van der Waals surface area contributed by atoms with Crippen molar-refractivity contribution < 1.29 is 9.59 Å². The molecule has 4 rings (SSSR count). The van der Waals surface area contributed by atoms with E-state index in [1.807, 2.05) is 31.1 Å². The smallest absolute Gasteiger partial charge is 0.233 e. The number of allylic oxidation sites excluding steroid dienone is 2. The summed E-state index contributed by atoms with van der Waals surface area (Å²) in [4.78, 5) is 37.5. The van der Waals surface area contributed by atoms with E-state index in [2.05, 4.69) is 32.8 Å². The van der Waals surface area contributed by atoms with Crippen molar-refractivity contribution in [3.63, 3.8) is 0 Å². The second kappa shape index (κ2) is 9.32. The maximum Gasteiger partial charge on any atom is 0.233 e. The normalized spacial score (nSPS) is 26.6. The van der Waals surface area contributed by atoms with E-state index in [0.29, 0.717) is 25.6 Å². The van der Waals surface area contributed by atoms with Crippen LogP contribution in [0.2, 0.25) is 0 Å². The second-order valence-corrected chi connectivity index (χ2v) is 8.06. The third-order valence-electron chi connectivity index (χ3n) is 6.15. The minimum Gasteiger partial charge on any atom is -0.362 e. The molecule has 4 atom stereocenters. The quantitative estimate of drug-likeness (QED) is 0.192. The molecule has 4 unspecified atom stereocenters. The molecule has 30 heavy (non-hydrogen) atoms. The lowest BCUT2D eigenvalue weighted by molar-refractivity contribution is -0.140. The van der Waals surface area contributed by atoms with Crippen LogP contribution in [0.3, 0.4) is 0 Å². The molecule has 1 aliphatic heterocycles. The Bertz CT molecular complexity index is 841. The first-order chi connectivity index (χ1) is 14.0. The fourth-order valence-electron chi connectivity index (χ4n) is 4.84. The summed E-state index contributed by atoms with van der Waals surface area (Å²) >= 11 is 0. The maximum atomic E-state index is 12.7. The number of rotatable bonds is 6. The van der Waals surface area contributed by atoms with E-state index in [-0.39, 0.29) is 59.5 Å². The molecule has 2 bridgehead atoms. The number of aliphatic imine (C=N–C) groups is 1. The van der Waals surface area contributed by atoms with Gasteiger partial charge in [-0.3, -0.25) is 19.5 Å². The summed E-state index contributed by atoms with van der Waals surface area (Å²) in [5.41, 5.74) is 1.06. The molecule has 0 spiro atoms. The van der Waals surface area contributed by atoms with Crippen LogP contribution in [0.5, 0.6) is 0 Å². The molecule has 0 aromatic carbocycles. The van der Waals surface area contributed by atoms with Crippen LogP contribution in [0.4, 0.5) is 5.82 Å². The van der Waals surface area contributed by atoms with Crippen LogP contribution >= 0.6 is 24.0 Å². The molecule has 1 aromatic heterocycles. The Morgan fingerprint density at radius 2 is 1.87 bits per heavy atom. The number of imide groups is 1. The minimum absolute atomic E-state index is 0. The van der Waals surface area contributed by atoms with Gasteiger partial charge in [-0.05, 0) is 24.3 Å². The molecule has 2 aliphatic carbocycles. The van der Waals surface area contributed by atoms with Crippen LogP contribution < -0.4 is 15.5 Å². The number of likely N-dealkylation sites (tertiary alicyclic amines) is 1. The number of carbonyl (C=O) groups excluding carboxylic acids is 2. The molecule has 162 valence electrons. The number of anilines is 1. The van der Waals surface area contributed by atoms with Crippen LogP contribution in [0.15, 0.2) is 35.5 Å². The van der Waals surface area contributed by atoms with Crippen LogP contribution in [0, 0.1) is 23.7 Å². The zero-order valence-corrected chi connectivity index (χ0v) is 19.9. The van der Waals surface area contributed by atoms with Crippen LogP contribution in [0.25, 0.3) is 0 Å². The largest absolute Gasteiger partial charge is 0.362 e. The van der Waals surface area contributed by atoms with Gasteiger partial charge >= 0.3 is 0 Å². The summed E-state index contributed by atoms with van der Waals surface area (Å²) in [5.74, 6) is 1.74. The predicted molar refractivity (Wildman–Crippen MR) is 127 cm³/mol. The van der Waals surface area contributed by atoms with E-state index in [1.165, 1.54) is 4.90 Å². The van der Waals surface area contributed by atoms with E-state index in [9.17, 15) is 9.59 Å². The molecule has 0 radical (unpaired) electrons. The average molecular weight is 524 g/mol. The summed E-state index contributed by atoms with van der Waals surface area (Å²) < 4.78 is 0. The number of pyridine rings is 1. The van der Waals surface area contributed by atoms with Crippen LogP contribution in [0.1, 0.15) is 12.0 Å². The lowest BCUT2D eigenvalue weighted by Gasteiger charge is -2.19. The van der Waals surface area contributed by atoms with Crippen molar-refractivity contribution in [1.82, 2.24) is 20.5 Å². The van der Waals surface area contributed by atoms with Gasteiger partial charge in [0.25, 0.3) is 0 Å². The Morgan fingerprint density at radius 1 is 1.20 bits per heavy atom. The highest BCUT2D eigenvalue weighted by Crippen LogP contribution is 2.52. The van der Waals surface area contributed by atoms with Crippen molar-refractivity contribution in [3.05, 3.63) is 36.0 Å². The third kappa shape index (κ3) is 4.03. The van der Waals surface area contributed by atoms with Gasteiger partial charge < -0.3 is 15.5 Å².